The highest BCUT2D eigenvalue weighted by atomic mass is 19.4. The zero-order valence-corrected chi connectivity index (χ0v) is 19.7. The number of nitrogens with one attached hydrogen (secondary N) is 2. The second kappa shape index (κ2) is 12.0. The van der Waals surface area contributed by atoms with Gasteiger partial charge in [0.2, 0.25) is 0 Å². The molecule has 10 nitrogen and oxygen atoms in total. The Kier molecular flexibility index (Phi) is 9.10. The van der Waals surface area contributed by atoms with Gasteiger partial charge < -0.3 is 25.5 Å². The first-order valence-corrected chi connectivity index (χ1v) is 11.9. The lowest BCUT2D eigenvalue weighted by molar-refractivity contribution is -0.192. The third-order valence-corrected chi connectivity index (χ3v) is 6.31. The van der Waals surface area contributed by atoms with E-state index < -0.39 is 17.7 Å². The zero-order valence-electron chi connectivity index (χ0n) is 19.7. The summed E-state index contributed by atoms with van der Waals surface area (Å²) in [6.45, 7) is 1.60. The molecule has 1 unspecified atom stereocenters. The van der Waals surface area contributed by atoms with Crippen molar-refractivity contribution in [2.75, 3.05) is 13.1 Å². The number of rotatable bonds is 4. The van der Waals surface area contributed by atoms with Gasteiger partial charge in [0.1, 0.15) is 5.71 Å². The van der Waals surface area contributed by atoms with Gasteiger partial charge in [-0.3, -0.25) is 9.78 Å². The van der Waals surface area contributed by atoms with E-state index in [2.05, 4.69) is 20.8 Å². The average molecular weight is 514 g/mol. The minimum Gasteiger partial charge on any atom is -0.475 e. The molecule has 1 atom stereocenters. The summed E-state index contributed by atoms with van der Waals surface area (Å²) >= 11 is 0. The fourth-order valence-electron chi connectivity index (χ4n) is 4.43. The SMILES string of the molecule is O=C(NCc1ccncc1)C1=NOC2(CCCN(C(=O)NC3CCCCC3)C2)C1.O=C(O)C(F)(F)F. The first kappa shape index (κ1) is 27.2. The number of hydrogen-bond acceptors (Lipinski definition) is 6. The van der Waals surface area contributed by atoms with Crippen LogP contribution in [0.1, 0.15) is 56.9 Å². The minimum atomic E-state index is -5.08. The Labute approximate surface area is 206 Å². The number of oxime groups is 1. The Morgan fingerprint density at radius 3 is 2.44 bits per heavy atom. The van der Waals surface area contributed by atoms with Crippen LogP contribution < -0.4 is 10.6 Å². The van der Waals surface area contributed by atoms with Gasteiger partial charge in [-0.05, 0) is 43.4 Å². The standard InChI is InChI=1S/C21H29N5O3.C2HF3O2/c27-19(23-14-16-7-10-22-11-8-16)18-13-21(29-25-18)9-4-12-26(15-21)20(28)24-17-5-2-1-3-6-17;3-2(4,5)1(6)7/h7-8,10-11,17H,1-6,9,12-15H2,(H,23,27)(H,24,28);(H,6,7). The van der Waals surface area contributed by atoms with Crippen LogP contribution in [0, 0.1) is 0 Å². The van der Waals surface area contributed by atoms with Crippen molar-refractivity contribution in [1.29, 1.82) is 0 Å². The van der Waals surface area contributed by atoms with E-state index in [9.17, 15) is 22.8 Å². The van der Waals surface area contributed by atoms with Crippen molar-refractivity contribution in [3.63, 3.8) is 0 Å². The number of aromatic nitrogens is 1. The van der Waals surface area contributed by atoms with E-state index in [-0.39, 0.29) is 18.0 Å². The van der Waals surface area contributed by atoms with E-state index in [1.165, 1.54) is 19.3 Å². The molecule has 3 N–H and O–H groups in total. The number of halogens is 3. The summed E-state index contributed by atoms with van der Waals surface area (Å²) < 4.78 is 31.7. The lowest BCUT2D eigenvalue weighted by Gasteiger charge is -2.39. The molecule has 1 saturated carbocycles. The number of carbonyl (C=O) groups is 3. The van der Waals surface area contributed by atoms with Gasteiger partial charge in [-0.1, -0.05) is 24.4 Å². The van der Waals surface area contributed by atoms with Crippen molar-refractivity contribution < 1.29 is 37.5 Å². The summed E-state index contributed by atoms with van der Waals surface area (Å²) in [5.41, 5.74) is 0.797. The summed E-state index contributed by atoms with van der Waals surface area (Å²) in [5, 5.41) is 17.3. The van der Waals surface area contributed by atoms with Crippen molar-refractivity contribution in [2.45, 2.75) is 75.7 Å². The van der Waals surface area contributed by atoms with Crippen LogP contribution in [0.4, 0.5) is 18.0 Å². The van der Waals surface area contributed by atoms with Crippen molar-refractivity contribution >= 4 is 23.6 Å². The topological polar surface area (TPSA) is 133 Å². The van der Waals surface area contributed by atoms with Gasteiger partial charge in [-0.15, -0.1) is 0 Å². The molecule has 1 aromatic rings. The van der Waals surface area contributed by atoms with Crippen molar-refractivity contribution in [2.24, 2.45) is 5.16 Å². The number of aliphatic carboxylic acids is 1. The van der Waals surface area contributed by atoms with E-state index in [0.29, 0.717) is 31.8 Å². The van der Waals surface area contributed by atoms with E-state index in [4.69, 9.17) is 14.7 Å². The number of nitrogens with zero attached hydrogens (tertiary/aromatic N) is 3. The number of amides is 3. The van der Waals surface area contributed by atoms with Gasteiger partial charge in [0, 0.05) is 37.9 Å². The molecule has 0 bridgehead atoms. The third-order valence-electron chi connectivity index (χ3n) is 6.31. The predicted molar refractivity (Wildman–Crippen MR) is 122 cm³/mol. The molecule has 3 aliphatic rings. The highest BCUT2D eigenvalue weighted by Gasteiger charge is 2.45. The molecule has 1 saturated heterocycles. The molecule has 0 aromatic carbocycles. The summed E-state index contributed by atoms with van der Waals surface area (Å²) in [5.74, 6) is -2.98. The number of carboxylic acids is 1. The predicted octanol–water partition coefficient (Wildman–Crippen LogP) is 2.98. The molecule has 4 rings (SSSR count). The van der Waals surface area contributed by atoms with Gasteiger partial charge in [-0.25, -0.2) is 9.59 Å². The monoisotopic (exact) mass is 513 g/mol. The molecule has 198 valence electrons. The van der Waals surface area contributed by atoms with Gasteiger partial charge in [-0.2, -0.15) is 13.2 Å². The maximum atomic E-state index is 12.7. The Morgan fingerprint density at radius 2 is 1.81 bits per heavy atom. The maximum absolute atomic E-state index is 12.7. The lowest BCUT2D eigenvalue weighted by Crippen LogP contribution is -2.55. The highest BCUT2D eigenvalue weighted by Crippen LogP contribution is 2.33. The summed E-state index contributed by atoms with van der Waals surface area (Å²) in [7, 11) is 0. The van der Waals surface area contributed by atoms with Gasteiger partial charge in [0.15, 0.2) is 5.60 Å². The number of likely N-dealkylation sites (tertiary alicyclic amines) is 1. The molecule has 2 aliphatic heterocycles. The lowest BCUT2D eigenvalue weighted by atomic mass is 9.88. The van der Waals surface area contributed by atoms with Crippen LogP contribution in [-0.2, 0) is 21.0 Å². The van der Waals surface area contributed by atoms with E-state index in [0.717, 1.165) is 31.2 Å². The smallest absolute Gasteiger partial charge is 0.475 e. The van der Waals surface area contributed by atoms with Crippen LogP contribution in [-0.4, -0.2) is 69.5 Å². The Hall–Kier alpha value is -3.38. The maximum Gasteiger partial charge on any atom is 0.490 e. The molecule has 0 radical (unpaired) electrons. The fraction of sp³-hybridized carbons (Fsp3) is 0.609. The number of carboxylic acid groups (broad SMARTS) is 1. The van der Waals surface area contributed by atoms with Crippen LogP contribution in [0.2, 0.25) is 0 Å². The number of hydrogen-bond donors (Lipinski definition) is 3. The van der Waals surface area contributed by atoms with Crippen LogP contribution in [0.15, 0.2) is 29.7 Å². The molecule has 1 spiro atoms. The van der Waals surface area contributed by atoms with E-state index in [1.54, 1.807) is 12.4 Å². The van der Waals surface area contributed by atoms with Gasteiger partial charge >= 0.3 is 18.2 Å². The second-order valence-corrected chi connectivity index (χ2v) is 9.14. The number of pyridine rings is 1. The first-order chi connectivity index (χ1) is 17.1. The molecule has 13 heteroatoms. The van der Waals surface area contributed by atoms with Crippen LogP contribution >= 0.6 is 0 Å². The summed E-state index contributed by atoms with van der Waals surface area (Å²) in [4.78, 5) is 45.6. The average Bonchev–Trinajstić information content (AvgIpc) is 3.26. The van der Waals surface area contributed by atoms with Gasteiger partial charge in [0.25, 0.3) is 5.91 Å². The van der Waals surface area contributed by atoms with Gasteiger partial charge in [0.05, 0.1) is 6.54 Å². The Bertz CT molecular complexity index is 953. The van der Waals surface area contributed by atoms with E-state index >= 15 is 0 Å². The molecule has 2 fully saturated rings. The number of alkyl halides is 3. The third kappa shape index (κ3) is 7.82. The molecular weight excluding hydrogens is 483 g/mol. The molecule has 1 aliphatic carbocycles. The number of carbonyl (C=O) groups excluding carboxylic acids is 2. The van der Waals surface area contributed by atoms with E-state index in [1.807, 2.05) is 17.0 Å². The van der Waals surface area contributed by atoms with Crippen molar-refractivity contribution in [3.05, 3.63) is 30.1 Å². The van der Waals surface area contributed by atoms with Crippen LogP contribution in [0.25, 0.3) is 0 Å². The van der Waals surface area contributed by atoms with Crippen molar-refractivity contribution in [3.8, 4) is 0 Å². The molecule has 36 heavy (non-hydrogen) atoms. The normalized spacial score (nSPS) is 22.1. The molecule has 3 heterocycles. The van der Waals surface area contributed by atoms with Crippen LogP contribution in [0.5, 0.6) is 0 Å². The summed E-state index contributed by atoms with van der Waals surface area (Å²) in [6.07, 6.45) is 6.14. The quantitative estimate of drug-likeness (QED) is 0.567. The molecule has 1 aromatic heterocycles. The van der Waals surface area contributed by atoms with Crippen molar-refractivity contribution in [1.82, 2.24) is 20.5 Å². The first-order valence-electron chi connectivity index (χ1n) is 11.9. The largest absolute Gasteiger partial charge is 0.490 e. The zero-order chi connectivity index (χ0) is 26.2. The minimum absolute atomic E-state index is 0.0184. The molecular formula is C23H30F3N5O5. The molecule has 3 amide bonds. The summed E-state index contributed by atoms with van der Waals surface area (Å²) in [6, 6.07) is 3.98. The Balaban J connectivity index is 0.000000454. The highest BCUT2D eigenvalue weighted by molar-refractivity contribution is 6.39. The number of urea groups is 1. The Morgan fingerprint density at radius 1 is 1.14 bits per heavy atom. The number of piperidine rings is 1. The fourth-order valence-corrected chi connectivity index (χ4v) is 4.43. The van der Waals surface area contributed by atoms with Crippen LogP contribution in [0.3, 0.4) is 0 Å². The second-order valence-electron chi connectivity index (χ2n) is 9.14.